The number of hydrogen-bond acceptors (Lipinski definition) is 3. The molecule has 1 saturated heterocycles. The highest BCUT2D eigenvalue weighted by Gasteiger charge is 2.37. The van der Waals surface area contributed by atoms with Gasteiger partial charge in [-0.1, -0.05) is 51.1 Å². The minimum Gasteiger partial charge on any atom is -0.322 e. The molecule has 0 bridgehead atoms. The van der Waals surface area contributed by atoms with Gasteiger partial charge in [0.1, 0.15) is 32.7 Å². The van der Waals surface area contributed by atoms with Crippen molar-refractivity contribution in [3.63, 3.8) is 0 Å². The van der Waals surface area contributed by atoms with Crippen molar-refractivity contribution in [1.29, 1.82) is 0 Å². The standard InChI is InChI=1S/C22H36N6/c1-6-22(4,5)28-21(23-24-25-28)20(16-18(2)3)27-14-12-26(13-15-27)17-19-10-8-7-9-11-19/h7-11,18,20H,6,12-17H2,1-5H3/p+2/t20-/m1/s1. The van der Waals surface area contributed by atoms with Crippen molar-refractivity contribution in [2.24, 2.45) is 5.92 Å². The van der Waals surface area contributed by atoms with Gasteiger partial charge in [-0.2, -0.15) is 0 Å². The molecule has 28 heavy (non-hydrogen) atoms. The summed E-state index contributed by atoms with van der Waals surface area (Å²) >= 11 is 0. The second-order valence-corrected chi connectivity index (χ2v) is 9.37. The van der Waals surface area contributed by atoms with E-state index in [4.69, 9.17) is 0 Å². The first-order valence-corrected chi connectivity index (χ1v) is 10.9. The number of quaternary nitrogens is 2. The molecule has 1 fully saturated rings. The largest absolute Gasteiger partial charge is 0.322 e. The van der Waals surface area contributed by atoms with Crippen LogP contribution in [0.3, 0.4) is 0 Å². The Morgan fingerprint density at radius 3 is 2.36 bits per heavy atom. The zero-order valence-corrected chi connectivity index (χ0v) is 18.3. The monoisotopic (exact) mass is 386 g/mol. The lowest BCUT2D eigenvalue weighted by Gasteiger charge is -2.36. The third-order valence-electron chi connectivity index (χ3n) is 6.34. The Morgan fingerprint density at radius 2 is 1.75 bits per heavy atom. The normalized spacial score (nSPS) is 21.8. The molecule has 0 radical (unpaired) electrons. The first kappa shape index (κ1) is 20.9. The maximum absolute atomic E-state index is 4.52. The van der Waals surface area contributed by atoms with Crippen molar-refractivity contribution < 1.29 is 9.80 Å². The molecule has 0 amide bonds. The number of aromatic nitrogens is 4. The molecule has 6 nitrogen and oxygen atoms in total. The van der Waals surface area contributed by atoms with Crippen molar-refractivity contribution in [2.45, 2.75) is 65.6 Å². The van der Waals surface area contributed by atoms with Crippen LogP contribution in [0.1, 0.15) is 64.9 Å². The third kappa shape index (κ3) is 4.97. The van der Waals surface area contributed by atoms with Crippen LogP contribution in [0.2, 0.25) is 0 Å². The van der Waals surface area contributed by atoms with E-state index < -0.39 is 0 Å². The lowest BCUT2D eigenvalue weighted by molar-refractivity contribution is -1.03. The van der Waals surface area contributed by atoms with Crippen LogP contribution in [0.5, 0.6) is 0 Å². The quantitative estimate of drug-likeness (QED) is 0.708. The SMILES string of the molecule is CCC(C)(C)n1nnnc1[C@@H](CC(C)C)[NH+]1CC[NH+](Cc2ccccc2)CC1. The van der Waals surface area contributed by atoms with Crippen LogP contribution in [0.25, 0.3) is 0 Å². The minimum atomic E-state index is -0.0477. The molecule has 0 saturated carbocycles. The Balaban J connectivity index is 1.71. The molecule has 1 aliphatic heterocycles. The summed E-state index contributed by atoms with van der Waals surface area (Å²) in [6.45, 7) is 17.2. The Bertz CT molecular complexity index is 716. The van der Waals surface area contributed by atoms with E-state index in [1.54, 1.807) is 9.80 Å². The summed E-state index contributed by atoms with van der Waals surface area (Å²) in [5.74, 6) is 1.70. The van der Waals surface area contributed by atoms with Gasteiger partial charge in [0.05, 0.1) is 5.54 Å². The number of nitrogens with one attached hydrogen (secondary N) is 2. The van der Waals surface area contributed by atoms with E-state index in [0.717, 1.165) is 25.2 Å². The topological polar surface area (TPSA) is 52.5 Å². The van der Waals surface area contributed by atoms with Crippen LogP contribution >= 0.6 is 0 Å². The van der Waals surface area contributed by atoms with Gasteiger partial charge in [-0.25, -0.2) is 4.68 Å². The molecule has 1 atom stereocenters. The molecular formula is C22H38N6+2. The highest BCUT2D eigenvalue weighted by molar-refractivity contribution is 5.13. The molecule has 1 aromatic heterocycles. The molecular weight excluding hydrogens is 348 g/mol. The van der Waals surface area contributed by atoms with E-state index in [0.29, 0.717) is 12.0 Å². The molecule has 1 aromatic carbocycles. The number of hydrogen-bond donors (Lipinski definition) is 2. The van der Waals surface area contributed by atoms with Crippen LogP contribution in [0.4, 0.5) is 0 Å². The zero-order valence-electron chi connectivity index (χ0n) is 18.3. The Hall–Kier alpha value is -1.79. The van der Waals surface area contributed by atoms with Crippen molar-refractivity contribution in [3.8, 4) is 0 Å². The zero-order chi connectivity index (χ0) is 20.1. The van der Waals surface area contributed by atoms with E-state index in [9.17, 15) is 0 Å². The summed E-state index contributed by atoms with van der Waals surface area (Å²) in [6, 6.07) is 11.2. The molecule has 3 rings (SSSR count). The fourth-order valence-corrected chi connectivity index (χ4v) is 4.25. The Morgan fingerprint density at radius 1 is 1.07 bits per heavy atom. The molecule has 2 aromatic rings. The van der Waals surface area contributed by atoms with Crippen molar-refractivity contribution in [2.75, 3.05) is 26.2 Å². The van der Waals surface area contributed by atoms with Gasteiger partial charge >= 0.3 is 0 Å². The maximum atomic E-state index is 4.52. The van der Waals surface area contributed by atoms with Crippen molar-refractivity contribution >= 4 is 0 Å². The van der Waals surface area contributed by atoms with Gasteiger partial charge in [-0.3, -0.25) is 0 Å². The van der Waals surface area contributed by atoms with Crippen LogP contribution in [-0.4, -0.2) is 46.4 Å². The third-order valence-corrected chi connectivity index (χ3v) is 6.34. The van der Waals surface area contributed by atoms with Crippen LogP contribution in [0.15, 0.2) is 30.3 Å². The molecule has 6 heteroatoms. The molecule has 1 aliphatic rings. The fraction of sp³-hybridized carbons (Fsp3) is 0.682. The number of nitrogens with zero attached hydrogens (tertiary/aromatic N) is 4. The second-order valence-electron chi connectivity index (χ2n) is 9.37. The van der Waals surface area contributed by atoms with Gasteiger partial charge in [0.25, 0.3) is 0 Å². The van der Waals surface area contributed by atoms with Gasteiger partial charge in [-0.05, 0) is 36.6 Å². The van der Waals surface area contributed by atoms with E-state index in [1.807, 2.05) is 0 Å². The molecule has 154 valence electrons. The molecule has 0 unspecified atom stereocenters. The van der Waals surface area contributed by atoms with Crippen LogP contribution in [0, 0.1) is 5.92 Å². The smallest absolute Gasteiger partial charge is 0.209 e. The average Bonchev–Trinajstić information content (AvgIpc) is 3.18. The number of tetrazole rings is 1. The Kier molecular flexibility index (Phi) is 6.83. The number of rotatable bonds is 8. The van der Waals surface area contributed by atoms with Gasteiger partial charge in [0.15, 0.2) is 6.04 Å². The summed E-state index contributed by atoms with van der Waals surface area (Å²) in [5, 5.41) is 13.0. The summed E-state index contributed by atoms with van der Waals surface area (Å²) in [4.78, 5) is 3.33. The lowest BCUT2D eigenvalue weighted by Crippen LogP contribution is -3.27. The van der Waals surface area contributed by atoms with E-state index in [-0.39, 0.29) is 5.54 Å². The summed E-state index contributed by atoms with van der Waals surface area (Å²) in [6.07, 6.45) is 2.15. The predicted molar refractivity (Wildman–Crippen MR) is 111 cm³/mol. The highest BCUT2D eigenvalue weighted by Crippen LogP contribution is 2.24. The number of piperazine rings is 1. The first-order valence-electron chi connectivity index (χ1n) is 10.9. The Labute approximate surface area is 169 Å². The molecule has 2 heterocycles. The lowest BCUT2D eigenvalue weighted by atomic mass is 9.98. The molecule has 0 aliphatic carbocycles. The van der Waals surface area contributed by atoms with Crippen molar-refractivity contribution in [3.05, 3.63) is 41.7 Å². The maximum Gasteiger partial charge on any atom is 0.209 e. The van der Waals surface area contributed by atoms with Crippen LogP contribution < -0.4 is 9.80 Å². The van der Waals surface area contributed by atoms with E-state index >= 15 is 0 Å². The minimum absolute atomic E-state index is 0.0477. The highest BCUT2D eigenvalue weighted by atomic mass is 15.6. The van der Waals surface area contributed by atoms with E-state index in [1.165, 1.54) is 31.7 Å². The van der Waals surface area contributed by atoms with Gasteiger partial charge < -0.3 is 9.80 Å². The first-order chi connectivity index (χ1) is 13.4. The molecule has 0 spiro atoms. The van der Waals surface area contributed by atoms with Crippen LogP contribution in [-0.2, 0) is 12.1 Å². The van der Waals surface area contributed by atoms with Gasteiger partial charge in [0, 0.05) is 12.0 Å². The predicted octanol–water partition coefficient (Wildman–Crippen LogP) is 0.889. The van der Waals surface area contributed by atoms with Crippen molar-refractivity contribution in [1.82, 2.24) is 20.2 Å². The second kappa shape index (κ2) is 9.14. The summed E-state index contributed by atoms with van der Waals surface area (Å²) in [5.41, 5.74) is 1.39. The molecule has 2 N–H and O–H groups in total. The van der Waals surface area contributed by atoms with E-state index in [2.05, 4.69) is 85.2 Å². The number of benzene rings is 1. The summed E-state index contributed by atoms with van der Waals surface area (Å²) < 4.78 is 2.09. The average molecular weight is 387 g/mol. The van der Waals surface area contributed by atoms with Gasteiger partial charge in [-0.15, -0.1) is 5.10 Å². The van der Waals surface area contributed by atoms with Gasteiger partial charge in [0.2, 0.25) is 5.82 Å². The fourth-order valence-electron chi connectivity index (χ4n) is 4.25. The summed E-state index contributed by atoms with van der Waals surface area (Å²) in [7, 11) is 0.